The first kappa shape index (κ1) is 17.0. The molecule has 1 fully saturated rings. The van der Waals surface area contributed by atoms with E-state index in [4.69, 9.17) is 0 Å². The van der Waals surface area contributed by atoms with Crippen LogP contribution in [-0.2, 0) is 4.79 Å². The number of aromatic nitrogens is 4. The molecule has 128 valence electrons. The van der Waals surface area contributed by atoms with E-state index in [0.29, 0.717) is 17.0 Å². The summed E-state index contributed by atoms with van der Waals surface area (Å²) in [5.74, 6) is 0.563. The zero-order valence-electron chi connectivity index (χ0n) is 14.2. The summed E-state index contributed by atoms with van der Waals surface area (Å²) in [4.78, 5) is 14.6. The molecule has 1 saturated heterocycles. The van der Waals surface area contributed by atoms with Crippen molar-refractivity contribution in [2.24, 2.45) is 0 Å². The Morgan fingerprint density at radius 1 is 1.38 bits per heavy atom. The molecule has 1 aliphatic rings. The SMILES string of the molecule is CCC1CCCCN1C(=O)CSc1nnnn1-c1cccc(C)c1. The molecular weight excluding hydrogens is 322 g/mol. The first-order valence-corrected chi connectivity index (χ1v) is 9.45. The highest BCUT2D eigenvalue weighted by Crippen LogP contribution is 2.23. The first-order chi connectivity index (χ1) is 11.7. The smallest absolute Gasteiger partial charge is 0.233 e. The van der Waals surface area contributed by atoms with Crippen molar-refractivity contribution in [3.8, 4) is 5.69 Å². The zero-order valence-corrected chi connectivity index (χ0v) is 15.0. The number of amides is 1. The molecule has 24 heavy (non-hydrogen) atoms. The van der Waals surface area contributed by atoms with Crippen LogP contribution in [0.15, 0.2) is 29.4 Å². The fraction of sp³-hybridized carbons (Fsp3) is 0.529. The van der Waals surface area contributed by atoms with Crippen LogP contribution in [0.25, 0.3) is 5.69 Å². The minimum Gasteiger partial charge on any atom is -0.339 e. The van der Waals surface area contributed by atoms with Crippen LogP contribution in [0.1, 0.15) is 38.2 Å². The molecule has 1 amide bonds. The van der Waals surface area contributed by atoms with Gasteiger partial charge in [0.1, 0.15) is 0 Å². The first-order valence-electron chi connectivity index (χ1n) is 8.46. The number of benzene rings is 1. The van der Waals surface area contributed by atoms with Gasteiger partial charge < -0.3 is 4.90 Å². The molecule has 0 spiro atoms. The molecule has 0 bridgehead atoms. The van der Waals surface area contributed by atoms with Crippen molar-refractivity contribution in [3.63, 3.8) is 0 Å². The summed E-state index contributed by atoms with van der Waals surface area (Å²) in [5, 5.41) is 12.6. The van der Waals surface area contributed by atoms with Crippen molar-refractivity contribution >= 4 is 17.7 Å². The summed E-state index contributed by atoms with van der Waals surface area (Å²) in [6, 6.07) is 8.39. The average Bonchev–Trinajstić information content (AvgIpc) is 3.08. The molecular formula is C17H23N5OS. The maximum absolute atomic E-state index is 12.6. The van der Waals surface area contributed by atoms with Gasteiger partial charge in [-0.25, -0.2) is 0 Å². The number of aryl methyl sites for hydroxylation is 1. The topological polar surface area (TPSA) is 63.9 Å². The minimum atomic E-state index is 0.186. The van der Waals surface area contributed by atoms with Gasteiger partial charge in [0.2, 0.25) is 11.1 Å². The molecule has 7 heteroatoms. The third-order valence-corrected chi connectivity index (χ3v) is 5.33. The lowest BCUT2D eigenvalue weighted by Gasteiger charge is -2.35. The Bertz CT molecular complexity index is 702. The van der Waals surface area contributed by atoms with E-state index in [1.54, 1.807) is 4.68 Å². The molecule has 0 radical (unpaired) electrons. The Morgan fingerprint density at radius 2 is 2.25 bits per heavy atom. The van der Waals surface area contributed by atoms with Gasteiger partial charge in [-0.15, -0.1) is 5.10 Å². The molecule has 2 aromatic rings. The van der Waals surface area contributed by atoms with Crippen molar-refractivity contribution in [1.82, 2.24) is 25.1 Å². The number of hydrogen-bond donors (Lipinski definition) is 0. The summed E-state index contributed by atoms with van der Waals surface area (Å²) in [5.41, 5.74) is 2.06. The zero-order chi connectivity index (χ0) is 16.9. The summed E-state index contributed by atoms with van der Waals surface area (Å²) < 4.78 is 1.69. The maximum atomic E-state index is 12.6. The van der Waals surface area contributed by atoms with Crippen LogP contribution in [0.2, 0.25) is 0 Å². The standard InChI is InChI=1S/C17H23N5OS/c1-3-14-8-4-5-10-21(14)16(23)12-24-17-18-19-20-22(17)15-9-6-7-13(2)11-15/h6-7,9,11,14H,3-5,8,10,12H2,1-2H3. The summed E-state index contributed by atoms with van der Waals surface area (Å²) >= 11 is 1.40. The molecule has 2 heterocycles. The predicted octanol–water partition coefficient (Wildman–Crippen LogP) is 2.85. The third-order valence-electron chi connectivity index (χ3n) is 4.43. The molecule has 1 unspecified atom stereocenters. The molecule has 1 atom stereocenters. The second-order valence-electron chi connectivity index (χ2n) is 6.15. The minimum absolute atomic E-state index is 0.186. The Morgan fingerprint density at radius 3 is 3.04 bits per heavy atom. The number of tetrazole rings is 1. The molecule has 1 aliphatic heterocycles. The van der Waals surface area contributed by atoms with Gasteiger partial charge in [0.25, 0.3) is 0 Å². The van der Waals surface area contributed by atoms with Crippen LogP contribution in [0.4, 0.5) is 0 Å². The number of nitrogens with zero attached hydrogens (tertiary/aromatic N) is 5. The largest absolute Gasteiger partial charge is 0.339 e. The van der Waals surface area contributed by atoms with Gasteiger partial charge in [-0.2, -0.15) is 4.68 Å². The molecule has 0 N–H and O–H groups in total. The van der Waals surface area contributed by atoms with E-state index < -0.39 is 0 Å². The number of rotatable bonds is 5. The van der Waals surface area contributed by atoms with Crippen LogP contribution in [0.3, 0.4) is 0 Å². The van der Waals surface area contributed by atoms with E-state index in [-0.39, 0.29) is 5.91 Å². The van der Waals surface area contributed by atoms with E-state index in [9.17, 15) is 4.79 Å². The quantitative estimate of drug-likeness (QED) is 0.780. The molecule has 1 aromatic carbocycles. The highest BCUT2D eigenvalue weighted by atomic mass is 32.2. The van der Waals surface area contributed by atoms with Gasteiger partial charge >= 0.3 is 0 Å². The molecule has 0 aliphatic carbocycles. The summed E-state index contributed by atoms with van der Waals surface area (Å²) in [6.45, 7) is 5.06. The van der Waals surface area contributed by atoms with Crippen molar-refractivity contribution in [1.29, 1.82) is 0 Å². The Kier molecular flexibility index (Phi) is 5.50. The van der Waals surface area contributed by atoms with Gasteiger partial charge in [0.15, 0.2) is 0 Å². The van der Waals surface area contributed by atoms with Crippen LogP contribution < -0.4 is 0 Å². The van der Waals surface area contributed by atoms with E-state index in [0.717, 1.165) is 37.1 Å². The number of thioether (sulfide) groups is 1. The Labute approximate surface area is 146 Å². The van der Waals surface area contributed by atoms with Crippen molar-refractivity contribution in [2.75, 3.05) is 12.3 Å². The molecule has 0 saturated carbocycles. The number of carbonyl (C=O) groups excluding carboxylic acids is 1. The van der Waals surface area contributed by atoms with Crippen molar-refractivity contribution in [3.05, 3.63) is 29.8 Å². The monoisotopic (exact) mass is 345 g/mol. The van der Waals surface area contributed by atoms with Gasteiger partial charge in [-0.1, -0.05) is 30.8 Å². The fourth-order valence-electron chi connectivity index (χ4n) is 3.15. The van der Waals surface area contributed by atoms with Crippen molar-refractivity contribution < 1.29 is 4.79 Å². The Hall–Kier alpha value is -1.89. The highest BCUT2D eigenvalue weighted by molar-refractivity contribution is 7.99. The lowest BCUT2D eigenvalue weighted by atomic mass is 10.0. The summed E-state index contributed by atoms with van der Waals surface area (Å²) in [7, 11) is 0. The van der Waals surface area contributed by atoms with E-state index in [1.807, 2.05) is 36.1 Å². The third kappa shape index (κ3) is 3.77. The second-order valence-corrected chi connectivity index (χ2v) is 7.09. The second kappa shape index (κ2) is 7.79. The number of carbonyl (C=O) groups is 1. The molecule has 3 rings (SSSR count). The molecule has 6 nitrogen and oxygen atoms in total. The van der Waals surface area contributed by atoms with Gasteiger partial charge in [0, 0.05) is 12.6 Å². The summed E-state index contributed by atoms with van der Waals surface area (Å²) in [6.07, 6.45) is 4.47. The number of piperidine rings is 1. The van der Waals surface area contributed by atoms with E-state index >= 15 is 0 Å². The van der Waals surface area contributed by atoms with Crippen LogP contribution in [0.5, 0.6) is 0 Å². The van der Waals surface area contributed by atoms with E-state index in [1.165, 1.54) is 18.2 Å². The Balaban J connectivity index is 1.67. The lowest BCUT2D eigenvalue weighted by Crippen LogP contribution is -2.44. The molecule has 1 aromatic heterocycles. The number of likely N-dealkylation sites (tertiary alicyclic amines) is 1. The number of hydrogen-bond acceptors (Lipinski definition) is 5. The van der Waals surface area contributed by atoms with Crippen LogP contribution >= 0.6 is 11.8 Å². The lowest BCUT2D eigenvalue weighted by molar-refractivity contribution is -0.132. The fourth-order valence-corrected chi connectivity index (χ4v) is 3.93. The predicted molar refractivity (Wildman–Crippen MR) is 94.3 cm³/mol. The van der Waals surface area contributed by atoms with Gasteiger partial charge in [0.05, 0.1) is 11.4 Å². The average molecular weight is 345 g/mol. The van der Waals surface area contributed by atoms with Crippen LogP contribution in [-0.4, -0.2) is 49.4 Å². The van der Waals surface area contributed by atoms with Gasteiger partial charge in [-0.05, 0) is 60.7 Å². The maximum Gasteiger partial charge on any atom is 0.233 e. The van der Waals surface area contributed by atoms with E-state index in [2.05, 4.69) is 22.4 Å². The van der Waals surface area contributed by atoms with Gasteiger partial charge in [-0.3, -0.25) is 4.79 Å². The normalized spacial score (nSPS) is 17.9. The van der Waals surface area contributed by atoms with Crippen molar-refractivity contribution in [2.45, 2.75) is 50.7 Å². The van der Waals surface area contributed by atoms with Crippen LogP contribution in [0, 0.1) is 6.92 Å². The highest BCUT2D eigenvalue weighted by Gasteiger charge is 2.25.